The maximum atomic E-state index is 14.6. The molecule has 1 aromatic rings. The Morgan fingerprint density at radius 3 is 1.82 bits per heavy atom. The van der Waals surface area contributed by atoms with E-state index < -0.39 is 65.6 Å². The molecule has 2 aliphatic heterocycles. The van der Waals surface area contributed by atoms with E-state index in [2.05, 4.69) is 17.2 Å². The van der Waals surface area contributed by atoms with Gasteiger partial charge in [0.05, 0.1) is 129 Å². The fourth-order valence-electron chi connectivity index (χ4n) is 9.75. The Balaban J connectivity index is 1.45. The number of nitrogens with zero attached hydrogens (tertiary/aromatic N) is 4. The van der Waals surface area contributed by atoms with E-state index in [-0.39, 0.29) is 100 Å². The second kappa shape index (κ2) is 38.3. The topological polar surface area (TPSA) is 257 Å². The van der Waals surface area contributed by atoms with Gasteiger partial charge in [-0.1, -0.05) is 84.0 Å². The monoisotopic (exact) mass is 1170 g/mol. The lowest BCUT2D eigenvalue weighted by molar-refractivity contribution is -0.150. The van der Waals surface area contributed by atoms with Gasteiger partial charge in [0.15, 0.2) is 0 Å². The highest BCUT2D eigenvalue weighted by Crippen LogP contribution is 2.30. The predicted octanol–water partition coefficient (Wildman–Crippen LogP) is 3.16. The zero-order valence-corrected chi connectivity index (χ0v) is 51.1. The van der Waals surface area contributed by atoms with Crippen LogP contribution >= 0.6 is 0 Å². The van der Waals surface area contributed by atoms with E-state index in [1.807, 2.05) is 58.0 Å². The number of amides is 7. The third-order valence-corrected chi connectivity index (χ3v) is 15.2. The van der Waals surface area contributed by atoms with Gasteiger partial charge in [-0.2, -0.15) is 0 Å². The minimum atomic E-state index is -1.36. The SMILES string of the molecule is C=CCOC(=O)[C@H](Cc1ccccc1)NC(=O)[C@H](C)[C@@H](OC)[C@@H]1CCCN1C(=O)C[C@@H](OC)[C@H]([C@@H](C)CC)N(C)C(=O)[C@@H](NC(=O)C(C)(C)N(C)C(=O)CCOCCOCCOCCOCCOCCOCCN1C(=O)C=CC1=O)C(C)C. The summed E-state index contributed by atoms with van der Waals surface area (Å²) in [4.78, 5) is 112. The minimum Gasteiger partial charge on any atom is -0.460 e. The van der Waals surface area contributed by atoms with Crippen LogP contribution in [0.25, 0.3) is 0 Å². The molecule has 0 saturated carbocycles. The number of carbonyl (C=O) groups excluding carboxylic acids is 8. The molecule has 8 atom stereocenters. The molecule has 2 N–H and O–H groups in total. The van der Waals surface area contributed by atoms with E-state index in [9.17, 15) is 38.4 Å². The van der Waals surface area contributed by atoms with E-state index in [1.165, 1.54) is 44.4 Å². The van der Waals surface area contributed by atoms with Crippen LogP contribution in [-0.4, -0.2) is 236 Å². The van der Waals surface area contributed by atoms with Crippen molar-refractivity contribution in [3.63, 3.8) is 0 Å². The van der Waals surface area contributed by atoms with Crippen LogP contribution in [0.1, 0.15) is 86.1 Å². The standard InChI is InChI=1S/C60H96N6O17/c1-13-27-83-58(73)46(40-45-19-16-15-17-20-45)61-56(71)44(6)55(76-12)47-21-18-25-65(47)52(70)41-48(75-11)54(43(5)14-2)63(9)57(72)53(42(3)4)62-59(74)60(7,8)64(10)49(67)24-28-77-30-32-79-34-36-81-38-39-82-37-35-80-33-31-78-29-26-66-50(68)22-23-51(66)69/h13,15-17,19-20,22-23,42-44,46-48,53-55H,1,14,18,21,24-41H2,2-12H3,(H,61,71)(H,62,74)/t43-,44+,46-,47-,48+,53-,54-,55+/m0/s1. The lowest BCUT2D eigenvalue weighted by Crippen LogP contribution is -2.62. The molecule has 0 radical (unpaired) electrons. The Morgan fingerprint density at radius 2 is 1.31 bits per heavy atom. The van der Waals surface area contributed by atoms with Crippen LogP contribution in [0.5, 0.6) is 0 Å². The highest BCUT2D eigenvalue weighted by atomic mass is 16.6. The Kier molecular flexibility index (Phi) is 33.1. The van der Waals surface area contributed by atoms with Crippen molar-refractivity contribution in [2.24, 2.45) is 17.8 Å². The van der Waals surface area contributed by atoms with Gasteiger partial charge in [-0.25, -0.2) is 4.79 Å². The predicted molar refractivity (Wildman–Crippen MR) is 308 cm³/mol. The molecule has 23 heteroatoms. The minimum absolute atomic E-state index is 0.00436. The highest BCUT2D eigenvalue weighted by molar-refractivity contribution is 6.12. The van der Waals surface area contributed by atoms with Crippen molar-refractivity contribution in [2.45, 2.75) is 129 Å². The smallest absolute Gasteiger partial charge is 0.329 e. The van der Waals surface area contributed by atoms with Gasteiger partial charge >= 0.3 is 5.97 Å². The largest absolute Gasteiger partial charge is 0.460 e. The van der Waals surface area contributed by atoms with Crippen LogP contribution < -0.4 is 10.6 Å². The molecule has 0 unspecified atom stereocenters. The normalized spacial score (nSPS) is 16.9. The molecule has 83 heavy (non-hydrogen) atoms. The van der Waals surface area contributed by atoms with Gasteiger partial charge in [0.25, 0.3) is 11.8 Å². The van der Waals surface area contributed by atoms with E-state index in [1.54, 1.807) is 37.6 Å². The first-order chi connectivity index (χ1) is 39.7. The number of esters is 1. The first-order valence-corrected chi connectivity index (χ1v) is 29.0. The van der Waals surface area contributed by atoms with E-state index in [0.29, 0.717) is 78.7 Å². The number of rotatable bonds is 43. The van der Waals surface area contributed by atoms with Crippen LogP contribution in [0.2, 0.25) is 0 Å². The number of hydrogen-bond donors (Lipinski definition) is 2. The van der Waals surface area contributed by atoms with E-state index in [4.69, 9.17) is 42.6 Å². The van der Waals surface area contributed by atoms with Crippen LogP contribution in [-0.2, 0) is 87.4 Å². The van der Waals surface area contributed by atoms with Crippen molar-refractivity contribution in [3.8, 4) is 0 Å². The summed E-state index contributed by atoms with van der Waals surface area (Å²) in [5, 5.41) is 5.82. The molecule has 1 aromatic carbocycles. The quantitative estimate of drug-likeness (QED) is 0.0412. The number of hydrogen-bond acceptors (Lipinski definition) is 17. The summed E-state index contributed by atoms with van der Waals surface area (Å²) in [5.41, 5.74) is -0.521. The second-order valence-corrected chi connectivity index (χ2v) is 21.6. The van der Waals surface area contributed by atoms with E-state index in [0.717, 1.165) is 10.5 Å². The van der Waals surface area contributed by atoms with Crippen molar-refractivity contribution in [1.82, 2.24) is 30.2 Å². The average Bonchev–Trinajstić information content (AvgIpc) is 4.26. The molecule has 1 saturated heterocycles. The first kappa shape index (κ1) is 71.6. The van der Waals surface area contributed by atoms with Gasteiger partial charge in [0, 0.05) is 53.4 Å². The van der Waals surface area contributed by atoms with Crippen LogP contribution in [0.4, 0.5) is 0 Å². The molecule has 1 fully saturated rings. The van der Waals surface area contributed by atoms with Crippen LogP contribution in [0.15, 0.2) is 55.1 Å². The third kappa shape index (κ3) is 23.4. The lowest BCUT2D eigenvalue weighted by Gasteiger charge is -2.41. The molecule has 468 valence electrons. The van der Waals surface area contributed by atoms with Crippen molar-refractivity contribution in [3.05, 3.63) is 60.7 Å². The number of carbonyl (C=O) groups is 8. The molecule has 23 nitrogen and oxygen atoms in total. The molecule has 2 heterocycles. The zero-order chi connectivity index (χ0) is 61.5. The lowest BCUT2D eigenvalue weighted by atomic mass is 9.89. The highest BCUT2D eigenvalue weighted by Gasteiger charge is 2.44. The van der Waals surface area contributed by atoms with Crippen LogP contribution in [0, 0.1) is 17.8 Å². The second-order valence-electron chi connectivity index (χ2n) is 21.6. The molecular formula is C60H96N6O17. The molecule has 0 aliphatic carbocycles. The Bertz CT molecular complexity index is 2200. The average molecular weight is 1170 g/mol. The number of methoxy groups -OCH3 is 2. The van der Waals surface area contributed by atoms with Gasteiger partial charge < -0.3 is 68.0 Å². The molecule has 2 aliphatic rings. The summed E-state index contributed by atoms with van der Waals surface area (Å²) in [6.07, 6.45) is 4.48. The maximum Gasteiger partial charge on any atom is 0.329 e. The first-order valence-electron chi connectivity index (χ1n) is 29.0. The van der Waals surface area contributed by atoms with Gasteiger partial charge in [0.1, 0.15) is 24.2 Å². The van der Waals surface area contributed by atoms with Gasteiger partial charge in [-0.3, -0.25) is 38.5 Å². The zero-order valence-electron chi connectivity index (χ0n) is 51.1. The third-order valence-electron chi connectivity index (χ3n) is 15.2. The number of likely N-dealkylation sites (N-methyl/N-ethyl adjacent to an activating group) is 2. The Morgan fingerprint density at radius 1 is 0.771 bits per heavy atom. The summed E-state index contributed by atoms with van der Waals surface area (Å²) in [6.45, 7) is 20.6. The molecule has 3 rings (SSSR count). The number of imide groups is 1. The number of likely N-dealkylation sites (tertiary alicyclic amines) is 1. The van der Waals surface area contributed by atoms with Crippen molar-refractivity contribution >= 4 is 47.3 Å². The maximum absolute atomic E-state index is 14.6. The van der Waals surface area contributed by atoms with Crippen molar-refractivity contribution in [1.29, 1.82) is 0 Å². The molecule has 0 bridgehead atoms. The van der Waals surface area contributed by atoms with Gasteiger partial charge in [-0.15, -0.1) is 0 Å². The van der Waals surface area contributed by atoms with Crippen molar-refractivity contribution < 1.29 is 81.0 Å². The summed E-state index contributed by atoms with van der Waals surface area (Å²) in [7, 11) is 6.20. The molecular weight excluding hydrogens is 1080 g/mol. The fourth-order valence-corrected chi connectivity index (χ4v) is 9.75. The molecule has 7 amide bonds. The summed E-state index contributed by atoms with van der Waals surface area (Å²) in [6, 6.07) is 6.27. The summed E-state index contributed by atoms with van der Waals surface area (Å²) in [5.74, 6) is -4.44. The number of benzene rings is 1. The summed E-state index contributed by atoms with van der Waals surface area (Å²) >= 11 is 0. The van der Waals surface area contributed by atoms with Crippen LogP contribution in [0.3, 0.4) is 0 Å². The Hall–Kier alpha value is -5.66. The molecule has 0 aromatic heterocycles. The van der Waals surface area contributed by atoms with E-state index >= 15 is 0 Å². The van der Waals surface area contributed by atoms with Gasteiger partial charge in [0.2, 0.25) is 29.5 Å². The fraction of sp³-hybridized carbons (Fsp3) is 0.700. The Labute approximate surface area is 491 Å². The number of ether oxygens (including phenoxy) is 9. The van der Waals surface area contributed by atoms with Gasteiger partial charge in [-0.05, 0) is 44.1 Å². The van der Waals surface area contributed by atoms with Crippen molar-refractivity contribution in [2.75, 3.05) is 127 Å². The molecule has 0 spiro atoms. The summed E-state index contributed by atoms with van der Waals surface area (Å²) < 4.78 is 50.5. The number of nitrogens with one attached hydrogen (secondary N) is 2.